The molecule has 0 spiro atoms. The van der Waals surface area contributed by atoms with Crippen LogP contribution in [0.5, 0.6) is 0 Å². The number of carbonyl (C=O) groups is 1. The molecule has 1 N–H and O–H groups in total. The summed E-state index contributed by atoms with van der Waals surface area (Å²) in [6.07, 6.45) is 10.8. The van der Waals surface area contributed by atoms with Crippen molar-refractivity contribution in [2.45, 2.75) is 25.0 Å². The van der Waals surface area contributed by atoms with Crippen LogP contribution in [0, 0.1) is 5.92 Å². The number of rotatable bonds is 2. The van der Waals surface area contributed by atoms with Crippen molar-refractivity contribution < 1.29 is 14.6 Å². The van der Waals surface area contributed by atoms with Crippen molar-refractivity contribution in [3.63, 3.8) is 0 Å². The third-order valence-electron chi connectivity index (χ3n) is 2.70. The summed E-state index contributed by atoms with van der Waals surface area (Å²) < 4.78 is 5.18. The Kier molecular flexibility index (Phi) is 3.02. The molecule has 3 heteroatoms. The quantitative estimate of drug-likeness (QED) is 0.694. The third-order valence-corrected chi connectivity index (χ3v) is 2.70. The summed E-state index contributed by atoms with van der Waals surface area (Å²) in [6, 6.07) is 0. The summed E-state index contributed by atoms with van der Waals surface area (Å²) in [7, 11) is 0. The van der Waals surface area contributed by atoms with Crippen LogP contribution >= 0.6 is 0 Å². The molecule has 0 aromatic rings. The van der Waals surface area contributed by atoms with Gasteiger partial charge in [-0.05, 0) is 25.0 Å². The molecule has 0 radical (unpaired) electrons. The summed E-state index contributed by atoms with van der Waals surface area (Å²) in [5.74, 6) is -0.487. The predicted molar refractivity (Wildman–Crippen MR) is 56.0 cm³/mol. The highest BCUT2D eigenvalue weighted by molar-refractivity contribution is 5.89. The number of ether oxygens (including phenoxy) is 1. The van der Waals surface area contributed by atoms with E-state index in [0.29, 0.717) is 6.42 Å². The van der Waals surface area contributed by atoms with Crippen molar-refractivity contribution in [2.24, 2.45) is 5.92 Å². The lowest BCUT2D eigenvalue weighted by atomic mass is 9.87. The number of hydrogen-bond acceptors (Lipinski definition) is 3. The molecule has 0 saturated carbocycles. The van der Waals surface area contributed by atoms with Gasteiger partial charge in [-0.2, -0.15) is 0 Å². The maximum absolute atomic E-state index is 11.9. The van der Waals surface area contributed by atoms with E-state index >= 15 is 0 Å². The number of hydrogen-bond donors (Lipinski definition) is 1. The zero-order chi connectivity index (χ0) is 10.7. The first-order valence-electron chi connectivity index (χ1n) is 5.16. The van der Waals surface area contributed by atoms with Crippen LogP contribution in [0.3, 0.4) is 0 Å². The van der Waals surface area contributed by atoms with Gasteiger partial charge in [-0.25, -0.2) is 0 Å². The van der Waals surface area contributed by atoms with E-state index in [-0.39, 0.29) is 5.78 Å². The van der Waals surface area contributed by atoms with E-state index in [1.165, 1.54) is 6.26 Å². The normalized spacial score (nSPS) is 33.8. The molecule has 80 valence electrons. The van der Waals surface area contributed by atoms with Gasteiger partial charge in [0, 0.05) is 0 Å². The summed E-state index contributed by atoms with van der Waals surface area (Å²) in [4.78, 5) is 11.9. The number of Topliss-reactive ketones (excluding diaryl/α,β-unsaturated/α-hetero) is 1. The number of aliphatic hydroxyl groups is 1. The van der Waals surface area contributed by atoms with Crippen LogP contribution in [0.1, 0.15) is 12.8 Å². The molecule has 3 nitrogen and oxygen atoms in total. The summed E-state index contributed by atoms with van der Waals surface area (Å²) in [5, 5.41) is 9.70. The monoisotopic (exact) mass is 206 g/mol. The van der Waals surface area contributed by atoms with Gasteiger partial charge in [0.15, 0.2) is 11.9 Å². The zero-order valence-corrected chi connectivity index (χ0v) is 8.37. The summed E-state index contributed by atoms with van der Waals surface area (Å²) >= 11 is 0. The molecule has 1 aliphatic heterocycles. The van der Waals surface area contributed by atoms with Crippen LogP contribution in [0.2, 0.25) is 0 Å². The third kappa shape index (κ3) is 2.18. The molecule has 15 heavy (non-hydrogen) atoms. The van der Waals surface area contributed by atoms with Crippen molar-refractivity contribution in [3.8, 4) is 0 Å². The van der Waals surface area contributed by atoms with Gasteiger partial charge >= 0.3 is 0 Å². The minimum absolute atomic E-state index is 0.0703. The minimum Gasteiger partial charge on any atom is -0.486 e. The highest BCUT2D eigenvalue weighted by Crippen LogP contribution is 2.22. The average Bonchev–Trinajstić information content (AvgIpc) is 2.30. The van der Waals surface area contributed by atoms with Gasteiger partial charge in [-0.15, -0.1) is 0 Å². The zero-order valence-electron chi connectivity index (χ0n) is 8.37. The van der Waals surface area contributed by atoms with Gasteiger partial charge in [0.2, 0.25) is 0 Å². The maximum Gasteiger partial charge on any atom is 0.186 e. The Morgan fingerprint density at radius 1 is 1.33 bits per heavy atom. The van der Waals surface area contributed by atoms with E-state index in [2.05, 4.69) is 0 Å². The van der Waals surface area contributed by atoms with E-state index in [0.717, 1.165) is 6.42 Å². The largest absolute Gasteiger partial charge is 0.486 e. The molecule has 1 heterocycles. The molecule has 3 unspecified atom stereocenters. The van der Waals surface area contributed by atoms with Crippen LogP contribution in [-0.4, -0.2) is 23.1 Å². The van der Waals surface area contributed by atoms with Gasteiger partial charge < -0.3 is 9.84 Å². The molecular weight excluding hydrogens is 192 g/mol. The van der Waals surface area contributed by atoms with E-state index < -0.39 is 18.1 Å². The van der Waals surface area contributed by atoms with E-state index in [9.17, 15) is 9.90 Å². The summed E-state index contributed by atoms with van der Waals surface area (Å²) in [6.45, 7) is 0. The molecule has 0 bridgehead atoms. The van der Waals surface area contributed by atoms with E-state index in [4.69, 9.17) is 4.74 Å². The van der Waals surface area contributed by atoms with Crippen LogP contribution in [0.25, 0.3) is 0 Å². The Bertz CT molecular complexity index is 328. The topological polar surface area (TPSA) is 46.5 Å². The number of ketones is 1. The van der Waals surface area contributed by atoms with E-state index in [1.54, 1.807) is 24.3 Å². The number of aliphatic hydroxyl groups excluding tert-OH is 1. The molecule has 3 atom stereocenters. The van der Waals surface area contributed by atoms with Crippen molar-refractivity contribution >= 4 is 5.78 Å². The Labute approximate surface area is 88.7 Å². The Morgan fingerprint density at radius 2 is 2.20 bits per heavy atom. The van der Waals surface area contributed by atoms with Crippen LogP contribution in [-0.2, 0) is 9.53 Å². The Hall–Kier alpha value is -1.35. The van der Waals surface area contributed by atoms with Crippen molar-refractivity contribution in [2.75, 3.05) is 0 Å². The minimum atomic E-state index is -0.564. The van der Waals surface area contributed by atoms with Crippen molar-refractivity contribution in [3.05, 3.63) is 36.6 Å². The van der Waals surface area contributed by atoms with Gasteiger partial charge in [0.05, 0.1) is 18.3 Å². The maximum atomic E-state index is 11.9. The first-order chi connectivity index (χ1) is 7.29. The van der Waals surface area contributed by atoms with Gasteiger partial charge in [0.1, 0.15) is 0 Å². The standard InChI is InChI=1S/C12H14O3/c13-10-6-2-1-5-9(10)12(14)11-7-3-4-8-15-11/h1,3-5,7-11,13H,2,6H2. The molecule has 0 aromatic carbocycles. The fraction of sp³-hybridized carbons (Fsp3) is 0.417. The molecule has 0 amide bonds. The SMILES string of the molecule is O=C(C1C=CC=CO1)C1C=CCCC1O. The van der Waals surface area contributed by atoms with Crippen LogP contribution in [0.15, 0.2) is 36.6 Å². The molecule has 0 fully saturated rings. The van der Waals surface area contributed by atoms with Gasteiger partial charge in [0.25, 0.3) is 0 Å². The predicted octanol–water partition coefficient (Wildman–Crippen LogP) is 1.35. The fourth-order valence-electron chi connectivity index (χ4n) is 1.84. The Morgan fingerprint density at radius 3 is 2.87 bits per heavy atom. The van der Waals surface area contributed by atoms with Gasteiger partial charge in [-0.3, -0.25) is 4.79 Å². The van der Waals surface area contributed by atoms with Crippen molar-refractivity contribution in [1.29, 1.82) is 0 Å². The Balaban J connectivity index is 2.06. The second-order valence-corrected chi connectivity index (χ2v) is 3.77. The molecule has 0 aromatic heterocycles. The second kappa shape index (κ2) is 4.45. The summed E-state index contributed by atoms with van der Waals surface area (Å²) in [5.41, 5.74) is 0. The lowest BCUT2D eigenvalue weighted by molar-refractivity contribution is -0.131. The fourth-order valence-corrected chi connectivity index (χ4v) is 1.84. The first kappa shape index (κ1) is 10.2. The lowest BCUT2D eigenvalue weighted by Gasteiger charge is -2.25. The lowest BCUT2D eigenvalue weighted by Crippen LogP contribution is -2.36. The molecule has 2 aliphatic rings. The van der Waals surface area contributed by atoms with Crippen LogP contribution in [0.4, 0.5) is 0 Å². The van der Waals surface area contributed by atoms with Crippen molar-refractivity contribution in [1.82, 2.24) is 0 Å². The molecule has 1 aliphatic carbocycles. The van der Waals surface area contributed by atoms with Gasteiger partial charge in [-0.1, -0.05) is 18.2 Å². The highest BCUT2D eigenvalue weighted by atomic mass is 16.5. The molecule has 0 saturated heterocycles. The first-order valence-corrected chi connectivity index (χ1v) is 5.16. The average molecular weight is 206 g/mol. The second-order valence-electron chi connectivity index (χ2n) is 3.77. The smallest absolute Gasteiger partial charge is 0.186 e. The number of carbonyl (C=O) groups excluding carboxylic acids is 1. The molecule has 2 rings (SSSR count). The van der Waals surface area contributed by atoms with E-state index in [1.807, 2.05) is 6.08 Å². The molecular formula is C12H14O3. The highest BCUT2D eigenvalue weighted by Gasteiger charge is 2.31. The van der Waals surface area contributed by atoms with Crippen LogP contribution < -0.4 is 0 Å². The number of allylic oxidation sites excluding steroid dienone is 3.